The number of hydrogen-bond donors (Lipinski definition) is 0. The van der Waals surface area contributed by atoms with E-state index in [9.17, 15) is 13.2 Å². The molecule has 0 N–H and O–H groups in total. The van der Waals surface area contributed by atoms with Crippen LogP contribution in [0, 0.1) is 13.8 Å². The van der Waals surface area contributed by atoms with Gasteiger partial charge in [-0.05, 0) is 48.7 Å². The predicted octanol–water partition coefficient (Wildman–Crippen LogP) is 4.90. The summed E-state index contributed by atoms with van der Waals surface area (Å²) in [7, 11) is 0. The lowest BCUT2D eigenvalue weighted by molar-refractivity contribution is -0.137. The zero-order chi connectivity index (χ0) is 14.8. The Bertz CT molecular complexity index is 586. The number of hydrogen-bond acceptors (Lipinski definition) is 1. The van der Waals surface area contributed by atoms with Gasteiger partial charge in [-0.15, -0.1) is 0 Å². The molecular formula is C16H15F3O. The molecule has 0 aromatic heterocycles. The first-order valence-electron chi connectivity index (χ1n) is 6.23. The first-order valence-corrected chi connectivity index (χ1v) is 6.23. The zero-order valence-corrected chi connectivity index (χ0v) is 11.3. The van der Waals surface area contributed by atoms with Gasteiger partial charge >= 0.3 is 6.18 Å². The average molecular weight is 280 g/mol. The summed E-state index contributed by atoms with van der Waals surface area (Å²) in [5.74, 6) is 0.755. The largest absolute Gasteiger partial charge is 0.489 e. The Hall–Kier alpha value is -1.97. The lowest BCUT2D eigenvalue weighted by atomic mass is 10.1. The van der Waals surface area contributed by atoms with E-state index in [0.29, 0.717) is 5.56 Å². The van der Waals surface area contributed by atoms with Gasteiger partial charge in [-0.3, -0.25) is 0 Å². The minimum atomic E-state index is -4.30. The molecule has 106 valence electrons. The van der Waals surface area contributed by atoms with Gasteiger partial charge in [-0.1, -0.05) is 24.3 Å². The number of aryl methyl sites for hydroxylation is 1. The highest BCUT2D eigenvalue weighted by Crippen LogP contribution is 2.29. The van der Waals surface area contributed by atoms with Crippen LogP contribution in [0.5, 0.6) is 5.75 Å². The quantitative estimate of drug-likeness (QED) is 0.777. The molecule has 2 rings (SSSR count). The summed E-state index contributed by atoms with van der Waals surface area (Å²) in [4.78, 5) is 0. The van der Waals surface area contributed by atoms with Crippen molar-refractivity contribution in [2.45, 2.75) is 26.6 Å². The van der Waals surface area contributed by atoms with Crippen molar-refractivity contribution in [3.63, 3.8) is 0 Å². The molecule has 0 atom stereocenters. The molecule has 1 nitrogen and oxygen atoms in total. The Labute approximate surface area is 116 Å². The number of benzene rings is 2. The number of rotatable bonds is 3. The maximum atomic E-state index is 12.4. The fourth-order valence-electron chi connectivity index (χ4n) is 1.83. The average Bonchev–Trinajstić information content (AvgIpc) is 2.40. The summed E-state index contributed by atoms with van der Waals surface area (Å²) < 4.78 is 43.0. The summed E-state index contributed by atoms with van der Waals surface area (Å²) in [5, 5.41) is 0. The van der Waals surface area contributed by atoms with E-state index in [4.69, 9.17) is 4.74 Å². The van der Waals surface area contributed by atoms with Crippen LogP contribution in [0.3, 0.4) is 0 Å². The molecule has 0 heterocycles. The minimum Gasteiger partial charge on any atom is -0.489 e. The second-order valence-corrected chi connectivity index (χ2v) is 4.68. The van der Waals surface area contributed by atoms with Crippen LogP contribution >= 0.6 is 0 Å². The molecular weight excluding hydrogens is 265 g/mol. The van der Waals surface area contributed by atoms with Crippen molar-refractivity contribution in [3.05, 3.63) is 64.7 Å². The van der Waals surface area contributed by atoms with Crippen molar-refractivity contribution < 1.29 is 17.9 Å². The molecule has 0 spiro atoms. The highest BCUT2D eigenvalue weighted by Gasteiger charge is 2.29. The molecule has 2 aromatic rings. The van der Waals surface area contributed by atoms with Crippen LogP contribution in [0.2, 0.25) is 0 Å². The topological polar surface area (TPSA) is 9.23 Å². The number of ether oxygens (including phenoxy) is 1. The third-order valence-electron chi connectivity index (χ3n) is 3.23. The Balaban J connectivity index is 2.06. The minimum absolute atomic E-state index is 0.252. The number of alkyl halides is 3. The van der Waals surface area contributed by atoms with E-state index in [1.165, 1.54) is 12.1 Å². The molecule has 4 heteroatoms. The molecule has 0 radical (unpaired) electrons. The Morgan fingerprint density at radius 1 is 0.950 bits per heavy atom. The second-order valence-electron chi connectivity index (χ2n) is 4.68. The maximum absolute atomic E-state index is 12.4. The fourth-order valence-corrected chi connectivity index (χ4v) is 1.83. The van der Waals surface area contributed by atoms with E-state index in [-0.39, 0.29) is 6.61 Å². The summed E-state index contributed by atoms with van der Waals surface area (Å²) in [6, 6.07) is 10.8. The molecule has 0 saturated heterocycles. The molecule has 0 aliphatic carbocycles. The van der Waals surface area contributed by atoms with Crippen LogP contribution in [0.25, 0.3) is 0 Å². The SMILES string of the molecule is Cc1cccc(OCc2ccc(C(F)(F)F)cc2)c1C. The van der Waals surface area contributed by atoms with E-state index in [0.717, 1.165) is 29.0 Å². The van der Waals surface area contributed by atoms with Gasteiger partial charge in [-0.25, -0.2) is 0 Å². The normalized spacial score (nSPS) is 11.4. The van der Waals surface area contributed by atoms with E-state index in [1.807, 2.05) is 32.0 Å². The van der Waals surface area contributed by atoms with Gasteiger partial charge in [0.1, 0.15) is 12.4 Å². The van der Waals surface area contributed by atoms with Crippen LogP contribution in [-0.4, -0.2) is 0 Å². The van der Waals surface area contributed by atoms with Crippen LogP contribution in [0.4, 0.5) is 13.2 Å². The summed E-state index contributed by atoms with van der Waals surface area (Å²) in [6.45, 7) is 4.19. The molecule has 0 fully saturated rings. The summed E-state index contributed by atoms with van der Waals surface area (Å²) in [5.41, 5.74) is 2.22. The standard InChI is InChI=1S/C16H15F3O/c1-11-4-3-5-15(12(11)2)20-10-13-6-8-14(9-7-13)16(17,18)19/h3-9H,10H2,1-2H3. The lowest BCUT2D eigenvalue weighted by Gasteiger charge is -2.11. The van der Waals surface area contributed by atoms with Crippen molar-refractivity contribution in [1.29, 1.82) is 0 Å². The van der Waals surface area contributed by atoms with Gasteiger partial charge in [-0.2, -0.15) is 13.2 Å². The highest BCUT2D eigenvalue weighted by molar-refractivity contribution is 5.38. The van der Waals surface area contributed by atoms with Crippen molar-refractivity contribution in [2.75, 3.05) is 0 Å². The zero-order valence-electron chi connectivity index (χ0n) is 11.3. The third-order valence-corrected chi connectivity index (χ3v) is 3.23. The Kier molecular flexibility index (Phi) is 4.02. The Morgan fingerprint density at radius 2 is 1.60 bits per heavy atom. The predicted molar refractivity (Wildman–Crippen MR) is 71.7 cm³/mol. The van der Waals surface area contributed by atoms with Crippen molar-refractivity contribution in [3.8, 4) is 5.75 Å². The highest BCUT2D eigenvalue weighted by atomic mass is 19.4. The van der Waals surface area contributed by atoms with E-state index < -0.39 is 11.7 Å². The molecule has 20 heavy (non-hydrogen) atoms. The molecule has 2 aromatic carbocycles. The fraction of sp³-hybridized carbons (Fsp3) is 0.250. The molecule has 0 aliphatic rings. The summed E-state index contributed by atoms with van der Waals surface area (Å²) in [6.07, 6.45) is -4.30. The van der Waals surface area contributed by atoms with Gasteiger partial charge in [0.05, 0.1) is 5.56 Å². The molecule has 0 unspecified atom stereocenters. The maximum Gasteiger partial charge on any atom is 0.416 e. The van der Waals surface area contributed by atoms with Gasteiger partial charge in [0.25, 0.3) is 0 Å². The van der Waals surface area contributed by atoms with Crippen molar-refractivity contribution in [2.24, 2.45) is 0 Å². The van der Waals surface area contributed by atoms with E-state index in [2.05, 4.69) is 0 Å². The van der Waals surface area contributed by atoms with Crippen LogP contribution < -0.4 is 4.74 Å². The Morgan fingerprint density at radius 3 is 2.20 bits per heavy atom. The molecule has 0 saturated carbocycles. The monoisotopic (exact) mass is 280 g/mol. The first-order chi connectivity index (χ1) is 9.38. The summed E-state index contributed by atoms with van der Waals surface area (Å²) >= 11 is 0. The first kappa shape index (κ1) is 14.4. The van der Waals surface area contributed by atoms with Gasteiger partial charge in [0.15, 0.2) is 0 Å². The van der Waals surface area contributed by atoms with Crippen molar-refractivity contribution >= 4 is 0 Å². The molecule has 0 aliphatic heterocycles. The van der Waals surface area contributed by atoms with Gasteiger partial charge in [0.2, 0.25) is 0 Å². The van der Waals surface area contributed by atoms with Gasteiger partial charge < -0.3 is 4.74 Å². The molecule has 0 amide bonds. The second kappa shape index (κ2) is 5.57. The van der Waals surface area contributed by atoms with E-state index >= 15 is 0 Å². The van der Waals surface area contributed by atoms with Crippen molar-refractivity contribution in [1.82, 2.24) is 0 Å². The van der Waals surface area contributed by atoms with E-state index in [1.54, 1.807) is 0 Å². The van der Waals surface area contributed by atoms with Crippen LogP contribution in [0.15, 0.2) is 42.5 Å². The van der Waals surface area contributed by atoms with Gasteiger partial charge in [0, 0.05) is 0 Å². The van der Waals surface area contributed by atoms with Crippen LogP contribution in [0.1, 0.15) is 22.3 Å². The smallest absolute Gasteiger partial charge is 0.416 e. The third kappa shape index (κ3) is 3.32. The van der Waals surface area contributed by atoms with Crippen LogP contribution in [-0.2, 0) is 12.8 Å². The lowest BCUT2D eigenvalue weighted by Crippen LogP contribution is -2.05. The molecule has 0 bridgehead atoms. The number of halogens is 3.